The Hall–Kier alpha value is -1.75. The molecule has 2 atom stereocenters. The lowest BCUT2D eigenvalue weighted by Crippen LogP contribution is -2.49. The summed E-state index contributed by atoms with van der Waals surface area (Å²) < 4.78 is 5.46. The minimum absolute atomic E-state index is 0.0844. The van der Waals surface area contributed by atoms with E-state index in [1.54, 1.807) is 0 Å². The summed E-state index contributed by atoms with van der Waals surface area (Å²) in [6.45, 7) is 5.59. The van der Waals surface area contributed by atoms with Gasteiger partial charge in [-0.25, -0.2) is 4.79 Å². The Labute approximate surface area is 120 Å². The van der Waals surface area contributed by atoms with Crippen LogP contribution in [0.5, 0.6) is 0 Å². The Morgan fingerprint density at radius 1 is 1.20 bits per heavy atom. The topological polar surface area (TPSA) is 77.1 Å². The third-order valence-electron chi connectivity index (χ3n) is 4.12. The molecule has 0 aromatic heterocycles. The SMILES string of the molecule is CC(C)(C)OC(=O)N1C2CCC1CC(C(C#N)C#N)C2. The fourth-order valence-electron chi connectivity index (χ4n) is 3.34. The van der Waals surface area contributed by atoms with E-state index < -0.39 is 11.5 Å². The normalized spacial score (nSPS) is 28.9. The van der Waals surface area contributed by atoms with Crippen molar-refractivity contribution in [2.45, 2.75) is 64.1 Å². The van der Waals surface area contributed by atoms with Crippen LogP contribution in [0.1, 0.15) is 46.5 Å². The maximum absolute atomic E-state index is 12.3. The first-order chi connectivity index (χ1) is 9.35. The first kappa shape index (κ1) is 14.7. The van der Waals surface area contributed by atoms with Crippen molar-refractivity contribution in [3.8, 4) is 12.1 Å². The van der Waals surface area contributed by atoms with Crippen LogP contribution >= 0.6 is 0 Å². The van der Waals surface area contributed by atoms with Crippen molar-refractivity contribution in [3.05, 3.63) is 0 Å². The summed E-state index contributed by atoms with van der Waals surface area (Å²) in [6.07, 6.45) is 3.12. The molecule has 2 saturated heterocycles. The molecule has 2 unspecified atom stereocenters. The second-order valence-corrected chi connectivity index (χ2v) is 6.74. The lowest BCUT2D eigenvalue weighted by molar-refractivity contribution is 0.000947. The minimum Gasteiger partial charge on any atom is -0.444 e. The Balaban J connectivity index is 2.06. The van der Waals surface area contributed by atoms with Crippen molar-refractivity contribution in [1.82, 2.24) is 4.90 Å². The molecule has 2 bridgehead atoms. The van der Waals surface area contributed by atoms with Crippen LogP contribution in [0.4, 0.5) is 4.79 Å². The van der Waals surface area contributed by atoms with Gasteiger partial charge in [-0.05, 0) is 52.4 Å². The summed E-state index contributed by atoms with van der Waals surface area (Å²) >= 11 is 0. The predicted molar refractivity (Wildman–Crippen MR) is 72.3 cm³/mol. The number of ether oxygens (including phenoxy) is 1. The van der Waals surface area contributed by atoms with Crippen molar-refractivity contribution in [2.24, 2.45) is 11.8 Å². The van der Waals surface area contributed by atoms with Gasteiger partial charge in [0.1, 0.15) is 11.5 Å². The van der Waals surface area contributed by atoms with E-state index in [4.69, 9.17) is 15.3 Å². The van der Waals surface area contributed by atoms with Crippen LogP contribution in [-0.2, 0) is 4.74 Å². The van der Waals surface area contributed by atoms with Gasteiger partial charge in [0.25, 0.3) is 0 Å². The zero-order valence-corrected chi connectivity index (χ0v) is 12.3. The van der Waals surface area contributed by atoms with Crippen LogP contribution in [0, 0.1) is 34.5 Å². The smallest absolute Gasteiger partial charge is 0.410 e. The van der Waals surface area contributed by atoms with Crippen LogP contribution in [-0.4, -0.2) is 28.7 Å². The number of fused-ring (bicyclic) bond motifs is 2. The van der Waals surface area contributed by atoms with Crippen molar-refractivity contribution in [2.75, 3.05) is 0 Å². The third kappa shape index (κ3) is 2.88. The molecule has 0 radical (unpaired) electrons. The maximum Gasteiger partial charge on any atom is 0.410 e. The number of amides is 1. The summed E-state index contributed by atoms with van der Waals surface area (Å²) in [7, 11) is 0. The molecule has 0 aromatic carbocycles. The van der Waals surface area contributed by atoms with Crippen molar-refractivity contribution in [3.63, 3.8) is 0 Å². The Kier molecular flexibility index (Phi) is 3.90. The van der Waals surface area contributed by atoms with E-state index >= 15 is 0 Å². The lowest BCUT2D eigenvalue weighted by Gasteiger charge is -2.39. The Morgan fingerprint density at radius 3 is 2.10 bits per heavy atom. The minimum atomic E-state index is -0.557. The number of rotatable bonds is 1. The molecule has 0 N–H and O–H groups in total. The molecule has 108 valence electrons. The molecule has 1 amide bonds. The maximum atomic E-state index is 12.3. The number of hydrogen-bond acceptors (Lipinski definition) is 4. The van der Waals surface area contributed by atoms with Gasteiger partial charge in [-0.2, -0.15) is 10.5 Å². The van der Waals surface area contributed by atoms with E-state index in [-0.39, 0.29) is 24.1 Å². The van der Waals surface area contributed by atoms with Crippen molar-refractivity contribution >= 4 is 6.09 Å². The van der Waals surface area contributed by atoms with E-state index in [0.29, 0.717) is 0 Å². The highest BCUT2D eigenvalue weighted by atomic mass is 16.6. The monoisotopic (exact) mass is 275 g/mol. The first-order valence-corrected chi connectivity index (χ1v) is 7.16. The Bertz CT molecular complexity index is 441. The van der Waals surface area contributed by atoms with Gasteiger partial charge in [-0.15, -0.1) is 0 Å². The standard InChI is InChI=1S/C15H21N3O2/c1-15(2,3)20-14(19)18-12-4-5-13(18)7-10(6-12)11(8-16)9-17/h10-13H,4-7H2,1-3H3. The fourth-order valence-corrected chi connectivity index (χ4v) is 3.34. The van der Waals surface area contributed by atoms with Gasteiger partial charge in [0.2, 0.25) is 0 Å². The zero-order valence-electron chi connectivity index (χ0n) is 12.3. The molecule has 0 aromatic rings. The van der Waals surface area contributed by atoms with Gasteiger partial charge < -0.3 is 9.64 Å². The van der Waals surface area contributed by atoms with Crippen molar-refractivity contribution in [1.29, 1.82) is 10.5 Å². The molecule has 0 spiro atoms. The van der Waals surface area contributed by atoms with Gasteiger partial charge in [-0.3, -0.25) is 0 Å². The van der Waals surface area contributed by atoms with E-state index in [1.165, 1.54) is 0 Å². The van der Waals surface area contributed by atoms with E-state index in [2.05, 4.69) is 12.1 Å². The van der Waals surface area contributed by atoms with Crippen LogP contribution < -0.4 is 0 Å². The average Bonchev–Trinajstić information content (AvgIpc) is 2.61. The highest BCUT2D eigenvalue weighted by Gasteiger charge is 2.46. The second-order valence-electron chi connectivity index (χ2n) is 6.74. The molecule has 2 aliphatic rings. The zero-order chi connectivity index (χ0) is 14.9. The number of carbonyl (C=O) groups excluding carboxylic acids is 1. The molecule has 0 aliphatic carbocycles. The molecule has 2 fully saturated rings. The summed E-state index contributed by atoms with van der Waals surface area (Å²) in [6, 6.07) is 4.40. The fraction of sp³-hybridized carbons (Fsp3) is 0.800. The van der Waals surface area contributed by atoms with E-state index in [1.807, 2.05) is 25.7 Å². The lowest BCUT2D eigenvalue weighted by atomic mass is 9.82. The van der Waals surface area contributed by atoms with Gasteiger partial charge in [0, 0.05) is 12.1 Å². The average molecular weight is 275 g/mol. The van der Waals surface area contributed by atoms with Crippen LogP contribution in [0.2, 0.25) is 0 Å². The molecule has 2 heterocycles. The summed E-state index contributed by atoms with van der Waals surface area (Å²) in [5.41, 5.74) is -0.491. The highest BCUT2D eigenvalue weighted by Crippen LogP contribution is 2.41. The largest absolute Gasteiger partial charge is 0.444 e. The van der Waals surface area contributed by atoms with E-state index in [0.717, 1.165) is 25.7 Å². The number of hydrogen-bond donors (Lipinski definition) is 0. The second kappa shape index (κ2) is 5.32. The molecule has 5 heteroatoms. The number of nitriles is 2. The van der Waals surface area contributed by atoms with Crippen LogP contribution in [0.3, 0.4) is 0 Å². The summed E-state index contributed by atoms with van der Waals surface area (Å²) in [4.78, 5) is 14.1. The number of nitrogens with zero attached hydrogens (tertiary/aromatic N) is 3. The molecule has 5 nitrogen and oxygen atoms in total. The van der Waals surface area contributed by atoms with Crippen LogP contribution in [0.25, 0.3) is 0 Å². The third-order valence-corrected chi connectivity index (χ3v) is 4.12. The molecule has 2 aliphatic heterocycles. The van der Waals surface area contributed by atoms with Gasteiger partial charge >= 0.3 is 6.09 Å². The molecule has 0 saturated carbocycles. The van der Waals surface area contributed by atoms with Gasteiger partial charge in [0.05, 0.1) is 12.1 Å². The number of carbonyl (C=O) groups is 1. The van der Waals surface area contributed by atoms with Crippen molar-refractivity contribution < 1.29 is 9.53 Å². The molecular weight excluding hydrogens is 254 g/mol. The number of piperidine rings is 1. The summed E-state index contributed by atoms with van der Waals surface area (Å²) in [5, 5.41) is 18.0. The molecule has 20 heavy (non-hydrogen) atoms. The van der Waals surface area contributed by atoms with Gasteiger partial charge in [-0.1, -0.05) is 0 Å². The molecular formula is C15H21N3O2. The van der Waals surface area contributed by atoms with E-state index in [9.17, 15) is 4.79 Å². The summed E-state index contributed by atoms with van der Waals surface area (Å²) in [5.74, 6) is -0.472. The quantitative estimate of drug-likeness (QED) is 0.737. The Morgan fingerprint density at radius 2 is 1.70 bits per heavy atom. The first-order valence-electron chi connectivity index (χ1n) is 7.16. The predicted octanol–water partition coefficient (Wildman–Crippen LogP) is 2.83. The molecule has 2 rings (SSSR count). The van der Waals surface area contributed by atoms with Crippen LogP contribution in [0.15, 0.2) is 0 Å². The highest BCUT2D eigenvalue weighted by molar-refractivity contribution is 5.69. The van der Waals surface area contributed by atoms with Gasteiger partial charge in [0.15, 0.2) is 0 Å².